The van der Waals surface area contributed by atoms with Gasteiger partial charge in [0.2, 0.25) is 11.8 Å². The maximum atomic E-state index is 6.49. The van der Waals surface area contributed by atoms with Crippen LogP contribution in [0.1, 0.15) is 39.7 Å². The monoisotopic (exact) mass is 530 g/mol. The molecule has 1 aliphatic heterocycles. The molecule has 3 aromatic carbocycles. The average Bonchev–Trinajstić information content (AvgIpc) is 3.57. The lowest BCUT2D eigenvalue weighted by molar-refractivity contribution is 0.296. The highest BCUT2D eigenvalue weighted by molar-refractivity contribution is 5.66. The van der Waals surface area contributed by atoms with E-state index in [2.05, 4.69) is 22.2 Å². The molecule has 1 aliphatic rings. The maximum absolute atomic E-state index is 6.49. The second kappa shape index (κ2) is 9.53. The van der Waals surface area contributed by atoms with E-state index >= 15 is 0 Å². The van der Waals surface area contributed by atoms with Crippen molar-refractivity contribution in [3.8, 4) is 28.9 Å². The quantitative estimate of drug-likeness (QED) is 0.268. The highest BCUT2D eigenvalue weighted by atomic mass is 16.5. The van der Waals surface area contributed by atoms with Gasteiger partial charge in [0.1, 0.15) is 24.4 Å². The molecule has 1 atom stereocenters. The second-order valence-corrected chi connectivity index (χ2v) is 9.72. The van der Waals surface area contributed by atoms with E-state index in [-0.39, 0.29) is 12.5 Å². The lowest BCUT2D eigenvalue weighted by atomic mass is 9.84. The van der Waals surface area contributed by atoms with Gasteiger partial charge in [0, 0.05) is 0 Å². The van der Waals surface area contributed by atoms with Crippen LogP contribution in [0.2, 0.25) is 0 Å². The average molecular weight is 531 g/mol. The van der Waals surface area contributed by atoms with Crippen LogP contribution in [-0.4, -0.2) is 36.5 Å². The van der Waals surface area contributed by atoms with E-state index in [0.29, 0.717) is 23.2 Å². The molecule has 3 aromatic heterocycles. The third-order valence-corrected chi connectivity index (χ3v) is 7.10. The van der Waals surface area contributed by atoms with Crippen molar-refractivity contribution in [3.05, 3.63) is 119 Å². The molecular formula is C31H26N6O3. The Morgan fingerprint density at radius 1 is 0.850 bits per heavy atom. The summed E-state index contributed by atoms with van der Waals surface area (Å²) in [4.78, 5) is 9.56. The summed E-state index contributed by atoms with van der Waals surface area (Å²) in [6, 6.07) is 25.9. The van der Waals surface area contributed by atoms with Gasteiger partial charge in [0.25, 0.3) is 0 Å². The molecule has 0 amide bonds. The molecule has 4 heterocycles. The molecule has 9 heteroatoms. The van der Waals surface area contributed by atoms with Gasteiger partial charge in [0.05, 0.1) is 35.5 Å². The lowest BCUT2D eigenvalue weighted by Gasteiger charge is -2.26. The molecule has 0 spiro atoms. The van der Waals surface area contributed by atoms with E-state index in [1.165, 1.54) is 5.56 Å². The first-order valence-corrected chi connectivity index (χ1v) is 13.0. The molecule has 0 radical (unpaired) electrons. The maximum Gasteiger partial charge on any atom is 0.230 e. The van der Waals surface area contributed by atoms with E-state index in [0.717, 1.165) is 39.6 Å². The first-order valence-electron chi connectivity index (χ1n) is 13.0. The van der Waals surface area contributed by atoms with Crippen LogP contribution in [0.15, 0.2) is 85.2 Å². The number of nitrogens with zero attached hydrogens (tertiary/aromatic N) is 6. The third kappa shape index (κ3) is 4.03. The van der Waals surface area contributed by atoms with E-state index < -0.39 is 0 Å². The van der Waals surface area contributed by atoms with Gasteiger partial charge in [-0.15, -0.1) is 5.10 Å². The van der Waals surface area contributed by atoms with Gasteiger partial charge in [-0.2, -0.15) is 5.10 Å². The minimum absolute atomic E-state index is 0.226. The summed E-state index contributed by atoms with van der Waals surface area (Å²) in [5.41, 5.74) is 6.41. The van der Waals surface area contributed by atoms with Gasteiger partial charge < -0.3 is 14.2 Å². The molecule has 1 unspecified atom stereocenters. The number of hydrogen-bond acceptors (Lipinski definition) is 7. The molecule has 6 aromatic rings. The largest absolute Gasteiger partial charge is 0.497 e. The molecule has 0 bridgehead atoms. The molecule has 40 heavy (non-hydrogen) atoms. The molecule has 0 aliphatic carbocycles. The van der Waals surface area contributed by atoms with E-state index in [1.54, 1.807) is 18.0 Å². The van der Waals surface area contributed by atoms with Crippen molar-refractivity contribution in [2.45, 2.75) is 26.4 Å². The van der Waals surface area contributed by atoms with Crippen LogP contribution < -0.4 is 14.2 Å². The van der Waals surface area contributed by atoms with Crippen molar-refractivity contribution in [3.63, 3.8) is 0 Å². The second-order valence-electron chi connectivity index (χ2n) is 9.72. The van der Waals surface area contributed by atoms with Gasteiger partial charge in [-0.1, -0.05) is 48.0 Å². The molecule has 0 saturated heterocycles. The van der Waals surface area contributed by atoms with Crippen molar-refractivity contribution < 1.29 is 14.2 Å². The predicted molar refractivity (Wildman–Crippen MR) is 149 cm³/mol. The summed E-state index contributed by atoms with van der Waals surface area (Å²) in [5, 5.41) is 9.55. The molecule has 7 rings (SSSR count). The zero-order valence-corrected chi connectivity index (χ0v) is 22.3. The fraction of sp³-hybridized carbons (Fsp3) is 0.161. The smallest absolute Gasteiger partial charge is 0.230 e. The SMILES string of the molecule is COc1ccc(C2c3c(C)nn(-c4ccccc4)c3Oc3ncn4nc(COc5ccc(C)cc5)nc4c32)cc1. The van der Waals surface area contributed by atoms with Crippen molar-refractivity contribution in [1.29, 1.82) is 0 Å². The zero-order chi connectivity index (χ0) is 27.2. The van der Waals surface area contributed by atoms with Gasteiger partial charge in [0.15, 0.2) is 11.5 Å². The van der Waals surface area contributed by atoms with Crippen molar-refractivity contribution in [2.75, 3.05) is 7.11 Å². The Bertz CT molecular complexity index is 1830. The Balaban J connectivity index is 1.36. The Morgan fingerprint density at radius 2 is 1.60 bits per heavy atom. The number of benzene rings is 3. The molecule has 0 saturated carbocycles. The number of ether oxygens (including phenoxy) is 3. The summed E-state index contributed by atoms with van der Waals surface area (Å²) in [7, 11) is 1.66. The minimum Gasteiger partial charge on any atom is -0.497 e. The van der Waals surface area contributed by atoms with Crippen LogP contribution in [0.25, 0.3) is 11.3 Å². The first-order chi connectivity index (χ1) is 19.6. The fourth-order valence-electron chi connectivity index (χ4n) is 5.14. The van der Waals surface area contributed by atoms with Gasteiger partial charge in [-0.25, -0.2) is 19.2 Å². The summed E-state index contributed by atoms with van der Waals surface area (Å²) < 4.78 is 21.4. The number of rotatable bonds is 6. The van der Waals surface area contributed by atoms with Gasteiger partial charge in [-0.05, 0) is 55.8 Å². The normalized spacial score (nSPS) is 13.9. The van der Waals surface area contributed by atoms with Gasteiger partial charge in [-0.3, -0.25) is 0 Å². The number of aryl methyl sites for hydroxylation is 2. The molecule has 9 nitrogen and oxygen atoms in total. The number of fused-ring (bicyclic) bond motifs is 4. The van der Waals surface area contributed by atoms with Crippen molar-refractivity contribution >= 4 is 5.65 Å². The number of methoxy groups -OCH3 is 1. The summed E-state index contributed by atoms with van der Waals surface area (Å²) in [6.07, 6.45) is 1.63. The Morgan fingerprint density at radius 3 is 2.35 bits per heavy atom. The number of para-hydroxylation sites is 1. The Hall–Kier alpha value is -5.18. The van der Waals surface area contributed by atoms with Crippen LogP contribution in [0.3, 0.4) is 0 Å². The van der Waals surface area contributed by atoms with E-state index in [1.807, 2.05) is 85.3 Å². The highest BCUT2D eigenvalue weighted by Crippen LogP contribution is 2.49. The van der Waals surface area contributed by atoms with Gasteiger partial charge >= 0.3 is 0 Å². The zero-order valence-electron chi connectivity index (χ0n) is 22.3. The third-order valence-electron chi connectivity index (χ3n) is 7.10. The predicted octanol–water partition coefficient (Wildman–Crippen LogP) is 5.80. The van der Waals surface area contributed by atoms with Crippen LogP contribution in [0.5, 0.6) is 23.3 Å². The molecule has 0 N–H and O–H groups in total. The minimum atomic E-state index is -0.242. The number of aromatic nitrogens is 6. The van der Waals surface area contributed by atoms with E-state index in [4.69, 9.17) is 24.3 Å². The van der Waals surface area contributed by atoms with Crippen molar-refractivity contribution in [2.24, 2.45) is 0 Å². The molecule has 0 fully saturated rings. The Labute approximate surface area is 230 Å². The topological polar surface area (TPSA) is 88.6 Å². The van der Waals surface area contributed by atoms with E-state index in [9.17, 15) is 0 Å². The number of hydrogen-bond donors (Lipinski definition) is 0. The molecular weight excluding hydrogens is 504 g/mol. The summed E-state index contributed by atoms with van der Waals surface area (Å²) >= 11 is 0. The summed E-state index contributed by atoms with van der Waals surface area (Å²) in [5.74, 6) is 2.95. The summed E-state index contributed by atoms with van der Waals surface area (Å²) in [6.45, 7) is 4.27. The van der Waals surface area contributed by atoms with Crippen LogP contribution in [-0.2, 0) is 6.61 Å². The lowest BCUT2D eigenvalue weighted by Crippen LogP contribution is -2.16. The molecule has 198 valence electrons. The Kier molecular flexibility index (Phi) is 5.70. The first kappa shape index (κ1) is 23.9. The van der Waals surface area contributed by atoms with Crippen LogP contribution >= 0.6 is 0 Å². The highest BCUT2D eigenvalue weighted by Gasteiger charge is 2.38. The fourth-order valence-corrected chi connectivity index (χ4v) is 5.14. The standard InChI is InChI=1S/C31H26N6O3/c1-19-9-13-24(14-10-19)39-17-25-33-29-28-27(21-11-15-23(38-3)16-12-21)26-20(2)34-37(22-7-5-4-6-8-22)31(26)40-30(28)32-18-36(29)35-25/h4-16,18,27H,17H2,1-3H3. The van der Waals surface area contributed by atoms with Crippen molar-refractivity contribution in [1.82, 2.24) is 29.4 Å². The van der Waals surface area contributed by atoms with Crippen LogP contribution in [0, 0.1) is 13.8 Å². The van der Waals surface area contributed by atoms with Crippen LogP contribution in [0.4, 0.5) is 0 Å².